The Bertz CT molecular complexity index is 3370. The molecule has 0 saturated carbocycles. The molecule has 10 aromatic rings. The molecule has 0 unspecified atom stereocenters. The second kappa shape index (κ2) is 13.7. The van der Waals surface area contributed by atoms with Crippen LogP contribution in [-0.2, 0) is 10.8 Å². The van der Waals surface area contributed by atoms with Crippen molar-refractivity contribution in [3.05, 3.63) is 180 Å². The summed E-state index contributed by atoms with van der Waals surface area (Å²) in [6, 6.07) is 61.3. The molecule has 0 bridgehead atoms. The van der Waals surface area contributed by atoms with E-state index in [-0.39, 0.29) is 10.8 Å². The molecular weight excluding hydrogens is 770 g/mol. The van der Waals surface area contributed by atoms with Gasteiger partial charge in [-0.05, 0) is 132 Å². The van der Waals surface area contributed by atoms with Gasteiger partial charge in [0.25, 0.3) is 0 Å². The number of rotatable bonds is 6. The maximum Gasteiger partial charge on any atom is 0.198 e. The number of nitrogens with zero attached hydrogens (tertiary/aromatic N) is 2. The van der Waals surface area contributed by atoms with Crippen molar-refractivity contribution in [2.24, 2.45) is 0 Å². The minimum absolute atomic E-state index is 0.0510. The number of benzene rings is 8. The first kappa shape index (κ1) is 37.2. The van der Waals surface area contributed by atoms with E-state index in [1.54, 1.807) is 0 Å². The number of aromatic nitrogens is 1. The number of thiophene rings is 1. The van der Waals surface area contributed by atoms with Gasteiger partial charge in [0.1, 0.15) is 0 Å². The van der Waals surface area contributed by atoms with Gasteiger partial charge in [-0.15, -0.1) is 11.3 Å². The van der Waals surface area contributed by atoms with Crippen molar-refractivity contribution in [2.75, 3.05) is 10.2 Å². The highest BCUT2D eigenvalue weighted by molar-refractivity contribution is 7.26. The number of anilines is 5. The van der Waals surface area contributed by atoms with Gasteiger partial charge in [-0.2, -0.15) is 0 Å². The first-order valence-corrected chi connectivity index (χ1v) is 22.9. The van der Waals surface area contributed by atoms with Crippen molar-refractivity contribution < 1.29 is 0 Å². The lowest BCUT2D eigenvalue weighted by Crippen LogP contribution is -2.37. The van der Waals surface area contributed by atoms with Gasteiger partial charge < -0.3 is 14.8 Å². The molecule has 2 aromatic heterocycles. The lowest BCUT2D eigenvalue weighted by molar-refractivity contribution is 0.332. The topological polar surface area (TPSA) is 20.2 Å². The fourth-order valence-electron chi connectivity index (χ4n) is 10.7. The van der Waals surface area contributed by atoms with Gasteiger partial charge in [-0.3, -0.25) is 0 Å². The van der Waals surface area contributed by atoms with E-state index in [9.17, 15) is 0 Å². The van der Waals surface area contributed by atoms with E-state index in [2.05, 4.69) is 213 Å². The number of aryl methyl sites for hydroxylation is 1. The highest BCUT2D eigenvalue weighted by Gasteiger charge is 2.39. The fraction of sp³-hybridized carbons (Fsp3) is 0.158. The smallest absolute Gasteiger partial charge is 0.198 e. The van der Waals surface area contributed by atoms with E-state index < -0.39 is 0 Å². The molecule has 2 aliphatic rings. The summed E-state index contributed by atoms with van der Waals surface area (Å²) in [7, 11) is 0.828. The van der Waals surface area contributed by atoms with Crippen LogP contribution in [0.1, 0.15) is 57.2 Å². The van der Waals surface area contributed by atoms with Crippen LogP contribution in [-0.4, -0.2) is 11.8 Å². The molecule has 3 heterocycles. The van der Waals surface area contributed by atoms with E-state index in [0.717, 1.165) is 42.9 Å². The quantitative estimate of drug-likeness (QED) is 0.169. The number of hydrogen-bond donors (Lipinski definition) is 1. The molecule has 12 rings (SSSR count). The Kier molecular flexibility index (Phi) is 8.24. The summed E-state index contributed by atoms with van der Waals surface area (Å²) in [5.41, 5.74) is 19.0. The lowest BCUT2D eigenvalue weighted by Gasteiger charge is -2.42. The molecule has 5 heteroatoms. The molecule has 1 aliphatic carbocycles. The van der Waals surface area contributed by atoms with Gasteiger partial charge >= 0.3 is 0 Å². The molecule has 0 amide bonds. The van der Waals surface area contributed by atoms with Gasteiger partial charge in [0, 0.05) is 64.9 Å². The fourth-order valence-corrected chi connectivity index (χ4v) is 11.9. The summed E-state index contributed by atoms with van der Waals surface area (Å²) < 4.78 is 5.36. The number of nitrogens with one attached hydrogen (secondary N) is 1. The zero-order chi connectivity index (χ0) is 41.9. The number of para-hydroxylation sites is 3. The Labute approximate surface area is 368 Å². The van der Waals surface area contributed by atoms with E-state index in [1.807, 2.05) is 11.3 Å². The third-order valence-electron chi connectivity index (χ3n) is 14.1. The Hall–Kier alpha value is -6.56. The zero-order valence-corrected chi connectivity index (χ0v) is 36.8. The molecule has 0 spiro atoms. The summed E-state index contributed by atoms with van der Waals surface area (Å²) >= 11 is 1.91. The van der Waals surface area contributed by atoms with Crippen LogP contribution >= 0.6 is 11.3 Å². The average Bonchev–Trinajstić information content (AvgIpc) is 3.83. The summed E-state index contributed by atoms with van der Waals surface area (Å²) in [5, 5.41) is 9.15. The van der Waals surface area contributed by atoms with Gasteiger partial charge in [-0.1, -0.05) is 124 Å². The first-order chi connectivity index (χ1) is 30.1. The van der Waals surface area contributed by atoms with Crippen molar-refractivity contribution in [3.8, 4) is 16.8 Å². The predicted molar refractivity (Wildman–Crippen MR) is 270 cm³/mol. The van der Waals surface area contributed by atoms with Crippen molar-refractivity contribution in [1.29, 1.82) is 0 Å². The summed E-state index contributed by atoms with van der Waals surface area (Å²) in [6.07, 6.45) is 2.33. The van der Waals surface area contributed by atoms with E-state index in [4.69, 9.17) is 0 Å². The van der Waals surface area contributed by atoms with Crippen LogP contribution in [0, 0.1) is 6.92 Å². The first-order valence-electron chi connectivity index (χ1n) is 22.1. The van der Waals surface area contributed by atoms with Gasteiger partial charge in [0.15, 0.2) is 7.28 Å². The Morgan fingerprint density at radius 3 is 1.97 bits per heavy atom. The van der Waals surface area contributed by atoms with E-state index in [1.165, 1.54) is 92.1 Å². The largest absolute Gasteiger partial charge is 0.355 e. The van der Waals surface area contributed by atoms with E-state index >= 15 is 0 Å². The average molecular weight is 818 g/mol. The van der Waals surface area contributed by atoms with Crippen LogP contribution in [0.3, 0.4) is 0 Å². The molecule has 3 nitrogen and oxygen atoms in total. The van der Waals surface area contributed by atoms with Crippen LogP contribution in [0.5, 0.6) is 0 Å². The van der Waals surface area contributed by atoms with Crippen molar-refractivity contribution in [3.63, 3.8) is 0 Å². The second-order valence-corrected chi connectivity index (χ2v) is 20.0. The molecule has 0 fully saturated rings. The SMILES string of the molecule is Cc1ccc(Nc2ccccc2-c2cc(N(c3ccccc3)c3ccccc3)c3c4cc5c(cc4n4c3c2Bc2cc3sc6ccccc6c3cc2-4)C(C)(C)CCC5(C)C)cc1. The third kappa shape index (κ3) is 5.71. The maximum atomic E-state index is 3.86. The predicted octanol–water partition coefficient (Wildman–Crippen LogP) is 14.4. The lowest BCUT2D eigenvalue weighted by atomic mass is 9.59. The molecule has 62 heavy (non-hydrogen) atoms. The third-order valence-corrected chi connectivity index (χ3v) is 15.2. The van der Waals surface area contributed by atoms with Gasteiger partial charge in [-0.25, -0.2) is 0 Å². The molecule has 300 valence electrons. The zero-order valence-electron chi connectivity index (χ0n) is 36.0. The summed E-state index contributed by atoms with van der Waals surface area (Å²) in [5.74, 6) is 0. The normalized spacial score (nSPS) is 14.8. The molecule has 0 radical (unpaired) electrons. The van der Waals surface area contributed by atoms with E-state index in [0.29, 0.717) is 0 Å². The molecule has 1 N–H and O–H groups in total. The molecular formula is C57H48BN3S. The molecule has 0 atom stereocenters. The van der Waals surface area contributed by atoms with Crippen LogP contribution in [0.15, 0.2) is 164 Å². The van der Waals surface area contributed by atoms with Crippen LogP contribution in [0.4, 0.5) is 28.4 Å². The van der Waals surface area contributed by atoms with Crippen molar-refractivity contribution in [2.45, 2.75) is 58.3 Å². The monoisotopic (exact) mass is 817 g/mol. The van der Waals surface area contributed by atoms with Gasteiger partial charge in [0.2, 0.25) is 0 Å². The van der Waals surface area contributed by atoms with Crippen molar-refractivity contribution >= 4 is 100.0 Å². The van der Waals surface area contributed by atoms with Crippen LogP contribution < -0.4 is 21.1 Å². The standard InChI is InChI=1S/C57H48BN3S/c1-35-24-26-36(27-25-35)59-47-22-14-12-20-39(47)42-32-50(60(37-16-8-6-9-17-37)38-18-10-7-11-19-38)53-43-30-44-45(57(4,5)29-28-56(44,2)3)33-48(43)61-49-31-41-40-21-13-15-23-51(40)62-52(41)34-46(49)58-54(42)55(53)61/h6-27,30-34,58-59H,28-29H2,1-5H3. The second-order valence-electron chi connectivity index (χ2n) is 19.0. The van der Waals surface area contributed by atoms with Crippen LogP contribution in [0.2, 0.25) is 0 Å². The number of fused-ring (bicyclic) bond motifs is 9. The number of hydrogen-bond acceptors (Lipinski definition) is 3. The summed E-state index contributed by atoms with van der Waals surface area (Å²) in [4.78, 5) is 2.50. The Morgan fingerprint density at radius 2 is 1.24 bits per heavy atom. The Balaban J connectivity index is 1.27. The molecule has 8 aromatic carbocycles. The highest BCUT2D eigenvalue weighted by Crippen LogP contribution is 2.52. The van der Waals surface area contributed by atoms with Gasteiger partial charge in [0.05, 0.1) is 16.7 Å². The highest BCUT2D eigenvalue weighted by atomic mass is 32.1. The molecule has 1 aliphatic heterocycles. The van der Waals surface area contributed by atoms with Crippen LogP contribution in [0.25, 0.3) is 58.8 Å². The molecule has 0 saturated heterocycles. The van der Waals surface area contributed by atoms with Crippen molar-refractivity contribution in [1.82, 2.24) is 4.57 Å². The Morgan fingerprint density at radius 1 is 0.597 bits per heavy atom. The maximum absolute atomic E-state index is 3.86. The summed E-state index contributed by atoms with van der Waals surface area (Å²) in [6.45, 7) is 12.0. The minimum atomic E-state index is 0.0510. The minimum Gasteiger partial charge on any atom is -0.355 e.